The summed E-state index contributed by atoms with van der Waals surface area (Å²) in [6.45, 7) is 5.62. The van der Waals surface area contributed by atoms with Gasteiger partial charge in [0.1, 0.15) is 5.82 Å². The van der Waals surface area contributed by atoms with Gasteiger partial charge in [-0.2, -0.15) is 0 Å². The summed E-state index contributed by atoms with van der Waals surface area (Å²) in [5.74, 6) is -0.334. The van der Waals surface area contributed by atoms with E-state index in [-0.39, 0.29) is 17.2 Å². The lowest BCUT2D eigenvalue weighted by atomic mass is 9.95. The number of piperidine rings is 1. The van der Waals surface area contributed by atoms with E-state index in [9.17, 15) is 4.39 Å². The highest BCUT2D eigenvalue weighted by atomic mass is 35.5. The fraction of sp³-hybridized carbons (Fsp3) is 0.467. The molecule has 1 aliphatic heterocycles. The lowest BCUT2D eigenvalue weighted by molar-refractivity contribution is 0.160. The van der Waals surface area contributed by atoms with Gasteiger partial charge in [0, 0.05) is 17.6 Å². The summed E-state index contributed by atoms with van der Waals surface area (Å²) in [5.41, 5.74) is 0.757. The third kappa shape index (κ3) is 3.71. The first-order chi connectivity index (χ1) is 9.11. The molecule has 0 N–H and O–H groups in total. The van der Waals surface area contributed by atoms with E-state index in [0.717, 1.165) is 31.5 Å². The smallest absolute Gasteiger partial charge is 0.125 e. The Bertz CT molecular complexity index is 430. The second kappa shape index (κ2) is 6.74. The molecule has 2 atom stereocenters. The van der Waals surface area contributed by atoms with Crippen LogP contribution in [0.4, 0.5) is 4.39 Å². The minimum absolute atomic E-state index is 0.214. The maximum Gasteiger partial charge on any atom is 0.125 e. The van der Waals surface area contributed by atoms with Crippen LogP contribution in [0.15, 0.2) is 30.9 Å². The van der Waals surface area contributed by atoms with E-state index in [1.807, 2.05) is 6.08 Å². The van der Waals surface area contributed by atoms with Gasteiger partial charge in [0.05, 0.1) is 5.38 Å². The van der Waals surface area contributed by atoms with E-state index in [2.05, 4.69) is 11.5 Å². The number of alkyl halides is 1. The van der Waals surface area contributed by atoms with Crippen LogP contribution in [-0.4, -0.2) is 24.0 Å². The van der Waals surface area contributed by atoms with Crippen molar-refractivity contribution in [2.75, 3.05) is 13.1 Å². The van der Waals surface area contributed by atoms with Crippen molar-refractivity contribution in [2.45, 2.75) is 30.7 Å². The predicted molar refractivity (Wildman–Crippen MR) is 79.4 cm³/mol. The van der Waals surface area contributed by atoms with Crippen molar-refractivity contribution < 1.29 is 4.39 Å². The lowest BCUT2D eigenvalue weighted by Gasteiger charge is -2.37. The maximum atomic E-state index is 13.4. The predicted octanol–water partition coefficient (Wildman–Crippen LogP) is 4.80. The fourth-order valence-corrected chi connectivity index (χ4v) is 3.34. The summed E-state index contributed by atoms with van der Waals surface area (Å²) in [6.07, 6.45) is 5.25. The Balaban J connectivity index is 2.20. The molecule has 104 valence electrons. The van der Waals surface area contributed by atoms with Crippen molar-refractivity contribution in [3.05, 3.63) is 47.3 Å². The van der Waals surface area contributed by atoms with Crippen molar-refractivity contribution in [3.63, 3.8) is 0 Å². The Morgan fingerprint density at radius 3 is 2.89 bits per heavy atom. The molecular formula is C15H18Cl2FN. The zero-order chi connectivity index (χ0) is 13.8. The van der Waals surface area contributed by atoms with E-state index >= 15 is 0 Å². The highest BCUT2D eigenvalue weighted by Gasteiger charge is 2.29. The van der Waals surface area contributed by atoms with Crippen molar-refractivity contribution in [1.29, 1.82) is 0 Å². The summed E-state index contributed by atoms with van der Waals surface area (Å²) in [5, 5.41) is 0.153. The molecule has 1 nitrogen and oxygen atoms in total. The van der Waals surface area contributed by atoms with E-state index in [0.29, 0.717) is 5.02 Å². The molecule has 0 aromatic heterocycles. The van der Waals surface area contributed by atoms with Crippen LogP contribution in [0.3, 0.4) is 0 Å². The molecule has 1 heterocycles. The zero-order valence-electron chi connectivity index (χ0n) is 10.8. The Labute approximate surface area is 124 Å². The highest BCUT2D eigenvalue weighted by molar-refractivity contribution is 6.30. The van der Waals surface area contributed by atoms with Crippen molar-refractivity contribution in [3.8, 4) is 0 Å². The summed E-state index contributed by atoms with van der Waals surface area (Å²) in [4.78, 5) is 2.31. The molecule has 1 aromatic rings. The first kappa shape index (κ1) is 14.8. The van der Waals surface area contributed by atoms with E-state index < -0.39 is 0 Å². The van der Waals surface area contributed by atoms with Crippen LogP contribution < -0.4 is 0 Å². The molecule has 0 radical (unpaired) electrons. The molecule has 0 spiro atoms. The standard InChI is InChI=1S/C15H18Cl2FN/c1-2-6-19-7-4-3-5-14(19)15(17)11-8-12(16)10-13(18)9-11/h2,8-10,14-15H,1,3-7H2/t14-,15?/m0/s1. The first-order valence-electron chi connectivity index (χ1n) is 6.57. The van der Waals surface area contributed by atoms with Gasteiger partial charge in [-0.3, -0.25) is 4.90 Å². The van der Waals surface area contributed by atoms with Crippen LogP contribution in [0.2, 0.25) is 5.02 Å². The Morgan fingerprint density at radius 2 is 2.21 bits per heavy atom. The number of nitrogens with zero attached hydrogens (tertiary/aromatic N) is 1. The maximum absolute atomic E-state index is 13.4. The van der Waals surface area contributed by atoms with Crippen LogP contribution in [0.25, 0.3) is 0 Å². The van der Waals surface area contributed by atoms with Crippen molar-refractivity contribution in [2.24, 2.45) is 0 Å². The molecule has 2 rings (SSSR count). The monoisotopic (exact) mass is 301 g/mol. The van der Waals surface area contributed by atoms with Gasteiger partial charge in [-0.1, -0.05) is 24.1 Å². The van der Waals surface area contributed by atoms with Crippen LogP contribution in [0, 0.1) is 5.82 Å². The molecule has 0 amide bonds. The summed E-state index contributed by atoms with van der Waals surface area (Å²) >= 11 is 12.5. The normalized spacial score (nSPS) is 22.2. The van der Waals surface area contributed by atoms with Crippen LogP contribution in [0.1, 0.15) is 30.2 Å². The Kier molecular flexibility index (Phi) is 5.26. The van der Waals surface area contributed by atoms with Gasteiger partial charge in [-0.25, -0.2) is 4.39 Å². The lowest BCUT2D eigenvalue weighted by Crippen LogP contribution is -2.42. The van der Waals surface area contributed by atoms with Crippen LogP contribution in [0.5, 0.6) is 0 Å². The van der Waals surface area contributed by atoms with E-state index in [4.69, 9.17) is 23.2 Å². The van der Waals surface area contributed by atoms with Gasteiger partial charge in [-0.05, 0) is 43.1 Å². The SMILES string of the molecule is C=CCN1CCCC[C@H]1C(Cl)c1cc(F)cc(Cl)c1. The number of benzene rings is 1. The minimum Gasteiger partial charge on any atom is -0.295 e. The minimum atomic E-state index is -0.334. The second-order valence-electron chi connectivity index (χ2n) is 4.95. The van der Waals surface area contributed by atoms with Crippen molar-refractivity contribution >= 4 is 23.2 Å². The molecular weight excluding hydrogens is 284 g/mol. The Morgan fingerprint density at radius 1 is 1.42 bits per heavy atom. The third-order valence-electron chi connectivity index (χ3n) is 3.57. The molecule has 1 aliphatic rings. The van der Waals surface area contributed by atoms with Gasteiger partial charge < -0.3 is 0 Å². The van der Waals surface area contributed by atoms with Gasteiger partial charge in [0.15, 0.2) is 0 Å². The molecule has 19 heavy (non-hydrogen) atoms. The first-order valence-corrected chi connectivity index (χ1v) is 7.38. The van der Waals surface area contributed by atoms with Crippen LogP contribution in [-0.2, 0) is 0 Å². The molecule has 0 aliphatic carbocycles. The number of rotatable bonds is 4. The number of halogens is 3. The van der Waals surface area contributed by atoms with Gasteiger partial charge >= 0.3 is 0 Å². The molecule has 1 unspecified atom stereocenters. The van der Waals surface area contributed by atoms with E-state index in [1.165, 1.54) is 18.6 Å². The van der Waals surface area contributed by atoms with E-state index in [1.54, 1.807) is 6.07 Å². The molecule has 0 saturated carbocycles. The second-order valence-corrected chi connectivity index (χ2v) is 5.86. The fourth-order valence-electron chi connectivity index (χ4n) is 2.70. The molecule has 0 bridgehead atoms. The zero-order valence-corrected chi connectivity index (χ0v) is 12.3. The van der Waals surface area contributed by atoms with Crippen LogP contribution >= 0.6 is 23.2 Å². The molecule has 4 heteroatoms. The number of hydrogen-bond acceptors (Lipinski definition) is 1. The molecule has 1 saturated heterocycles. The topological polar surface area (TPSA) is 3.24 Å². The Hall–Kier alpha value is -0.570. The van der Waals surface area contributed by atoms with Gasteiger partial charge in [0.25, 0.3) is 0 Å². The van der Waals surface area contributed by atoms with Gasteiger partial charge in [-0.15, -0.1) is 18.2 Å². The number of hydrogen-bond donors (Lipinski definition) is 0. The average molecular weight is 302 g/mol. The van der Waals surface area contributed by atoms with Crippen molar-refractivity contribution in [1.82, 2.24) is 4.90 Å². The van der Waals surface area contributed by atoms with Gasteiger partial charge in [0.2, 0.25) is 0 Å². The summed E-state index contributed by atoms with van der Waals surface area (Å²) < 4.78 is 13.4. The molecule has 1 aromatic carbocycles. The largest absolute Gasteiger partial charge is 0.295 e. The highest BCUT2D eigenvalue weighted by Crippen LogP contribution is 2.34. The third-order valence-corrected chi connectivity index (χ3v) is 4.33. The summed E-state index contributed by atoms with van der Waals surface area (Å²) in [6, 6.07) is 4.75. The quantitative estimate of drug-likeness (QED) is 0.570. The summed E-state index contributed by atoms with van der Waals surface area (Å²) in [7, 11) is 0. The average Bonchev–Trinajstić information content (AvgIpc) is 2.38. The molecule has 1 fully saturated rings. The number of likely N-dealkylation sites (tertiary alicyclic amines) is 1.